The van der Waals surface area contributed by atoms with Gasteiger partial charge in [0, 0.05) is 50.0 Å². The van der Waals surface area contributed by atoms with Crippen molar-refractivity contribution in [1.29, 1.82) is 0 Å². The number of nitrogens with one attached hydrogen (secondary N) is 1. The minimum atomic E-state index is -0.394. The van der Waals surface area contributed by atoms with Crippen LogP contribution in [0.2, 0.25) is 0 Å². The molecule has 1 aliphatic rings. The van der Waals surface area contributed by atoms with Crippen molar-refractivity contribution in [2.24, 2.45) is 0 Å². The van der Waals surface area contributed by atoms with E-state index in [1.54, 1.807) is 12.1 Å². The molecule has 1 aromatic rings. The van der Waals surface area contributed by atoms with E-state index in [9.17, 15) is 14.9 Å². The Bertz CT molecular complexity index is 522. The summed E-state index contributed by atoms with van der Waals surface area (Å²) in [4.78, 5) is 26.3. The van der Waals surface area contributed by atoms with E-state index in [1.807, 2.05) is 13.8 Å². The van der Waals surface area contributed by atoms with Crippen molar-refractivity contribution in [1.82, 2.24) is 10.2 Å². The minimum absolute atomic E-state index is 0.0544. The Morgan fingerprint density at radius 1 is 1.23 bits per heavy atom. The topological polar surface area (TPSA) is 78.7 Å². The maximum atomic E-state index is 11.7. The SMILES string of the molecule is CC(C)NC(=O)CN1CCN(c2ccc([N+](=O)[O-])cc2)CC1. The molecule has 0 spiro atoms. The van der Waals surface area contributed by atoms with Gasteiger partial charge in [-0.25, -0.2) is 0 Å². The molecule has 1 heterocycles. The Kier molecular flexibility index (Phi) is 5.32. The van der Waals surface area contributed by atoms with Gasteiger partial charge in [0.05, 0.1) is 11.5 Å². The van der Waals surface area contributed by atoms with Crippen LogP contribution in [0.4, 0.5) is 11.4 Å². The first-order valence-corrected chi connectivity index (χ1v) is 7.47. The number of nitro benzene ring substituents is 1. The van der Waals surface area contributed by atoms with Gasteiger partial charge < -0.3 is 10.2 Å². The van der Waals surface area contributed by atoms with Crippen LogP contribution < -0.4 is 10.2 Å². The lowest BCUT2D eigenvalue weighted by Gasteiger charge is -2.35. The van der Waals surface area contributed by atoms with Crippen molar-refractivity contribution in [3.05, 3.63) is 34.4 Å². The van der Waals surface area contributed by atoms with Crippen LogP contribution in [0.15, 0.2) is 24.3 Å². The number of nitro groups is 1. The predicted octanol–water partition coefficient (Wildman–Crippen LogP) is 1.24. The van der Waals surface area contributed by atoms with E-state index in [0.29, 0.717) is 6.54 Å². The van der Waals surface area contributed by atoms with Gasteiger partial charge in [0.1, 0.15) is 0 Å². The molecule has 0 aromatic heterocycles. The lowest BCUT2D eigenvalue weighted by molar-refractivity contribution is -0.384. The van der Waals surface area contributed by atoms with Crippen molar-refractivity contribution >= 4 is 17.3 Å². The number of piperazine rings is 1. The number of benzene rings is 1. The molecule has 0 unspecified atom stereocenters. The average Bonchev–Trinajstić information content (AvgIpc) is 2.47. The average molecular weight is 306 g/mol. The molecule has 1 N–H and O–H groups in total. The molecule has 0 saturated carbocycles. The molecule has 1 aliphatic heterocycles. The number of rotatable bonds is 5. The molecule has 0 bridgehead atoms. The van der Waals surface area contributed by atoms with Crippen molar-refractivity contribution in [3.8, 4) is 0 Å². The quantitative estimate of drug-likeness (QED) is 0.654. The van der Waals surface area contributed by atoms with Gasteiger partial charge in [0.25, 0.3) is 5.69 Å². The third-order valence-electron chi connectivity index (χ3n) is 3.61. The van der Waals surface area contributed by atoms with E-state index >= 15 is 0 Å². The molecule has 7 nitrogen and oxygen atoms in total. The second kappa shape index (κ2) is 7.22. The Balaban J connectivity index is 1.84. The molecular formula is C15H22N4O3. The van der Waals surface area contributed by atoms with Gasteiger partial charge in [-0.1, -0.05) is 0 Å². The van der Waals surface area contributed by atoms with E-state index < -0.39 is 4.92 Å². The fourth-order valence-electron chi connectivity index (χ4n) is 2.52. The monoisotopic (exact) mass is 306 g/mol. The number of nitrogens with zero attached hydrogens (tertiary/aromatic N) is 3. The smallest absolute Gasteiger partial charge is 0.269 e. The first-order chi connectivity index (χ1) is 10.5. The molecule has 0 radical (unpaired) electrons. The summed E-state index contributed by atoms with van der Waals surface area (Å²) >= 11 is 0. The van der Waals surface area contributed by atoms with Crippen molar-refractivity contribution < 1.29 is 9.72 Å². The molecule has 1 saturated heterocycles. The molecule has 1 amide bonds. The Morgan fingerprint density at radius 2 is 1.82 bits per heavy atom. The van der Waals surface area contributed by atoms with Crippen molar-refractivity contribution in [3.63, 3.8) is 0 Å². The largest absolute Gasteiger partial charge is 0.369 e. The van der Waals surface area contributed by atoms with Gasteiger partial charge in [-0.15, -0.1) is 0 Å². The number of hydrogen-bond donors (Lipinski definition) is 1. The summed E-state index contributed by atoms with van der Waals surface area (Å²) in [6, 6.07) is 6.77. The lowest BCUT2D eigenvalue weighted by Crippen LogP contribution is -2.50. The Labute approximate surface area is 130 Å². The summed E-state index contributed by atoms with van der Waals surface area (Å²) in [6.07, 6.45) is 0. The van der Waals surface area contributed by atoms with E-state index in [0.717, 1.165) is 31.9 Å². The normalized spacial score (nSPS) is 15.9. The van der Waals surface area contributed by atoms with Crippen LogP contribution >= 0.6 is 0 Å². The number of non-ortho nitro benzene ring substituents is 1. The van der Waals surface area contributed by atoms with Crippen LogP contribution in [0.1, 0.15) is 13.8 Å². The second-order valence-corrected chi connectivity index (χ2v) is 5.76. The first-order valence-electron chi connectivity index (χ1n) is 7.47. The van der Waals surface area contributed by atoms with Crippen molar-refractivity contribution in [2.75, 3.05) is 37.6 Å². The van der Waals surface area contributed by atoms with Crippen LogP contribution in [0.5, 0.6) is 0 Å². The van der Waals surface area contributed by atoms with Crippen LogP contribution in [-0.2, 0) is 4.79 Å². The van der Waals surface area contributed by atoms with E-state index in [-0.39, 0.29) is 17.6 Å². The van der Waals surface area contributed by atoms with Gasteiger partial charge in [-0.3, -0.25) is 19.8 Å². The van der Waals surface area contributed by atoms with Gasteiger partial charge in [-0.05, 0) is 26.0 Å². The molecule has 0 aliphatic carbocycles. The third-order valence-corrected chi connectivity index (χ3v) is 3.61. The number of carbonyl (C=O) groups is 1. The maximum Gasteiger partial charge on any atom is 0.269 e. The molecule has 0 atom stereocenters. The summed E-state index contributed by atoms with van der Waals surface area (Å²) in [5, 5.41) is 13.5. The summed E-state index contributed by atoms with van der Waals surface area (Å²) in [6.45, 7) is 7.56. The Morgan fingerprint density at radius 3 is 2.32 bits per heavy atom. The maximum absolute atomic E-state index is 11.7. The molecule has 22 heavy (non-hydrogen) atoms. The van der Waals surface area contributed by atoms with Crippen molar-refractivity contribution in [2.45, 2.75) is 19.9 Å². The highest BCUT2D eigenvalue weighted by atomic mass is 16.6. The highest BCUT2D eigenvalue weighted by Gasteiger charge is 2.19. The lowest BCUT2D eigenvalue weighted by atomic mass is 10.2. The van der Waals surface area contributed by atoms with Gasteiger partial charge in [0.15, 0.2) is 0 Å². The molecule has 1 fully saturated rings. The second-order valence-electron chi connectivity index (χ2n) is 5.76. The van der Waals surface area contributed by atoms with Gasteiger partial charge >= 0.3 is 0 Å². The minimum Gasteiger partial charge on any atom is -0.369 e. The summed E-state index contributed by atoms with van der Waals surface area (Å²) < 4.78 is 0. The third kappa shape index (κ3) is 4.42. The standard InChI is InChI=1S/C15H22N4O3/c1-12(2)16-15(20)11-17-7-9-18(10-8-17)13-3-5-14(6-4-13)19(21)22/h3-6,12H,7-11H2,1-2H3,(H,16,20). The fraction of sp³-hybridized carbons (Fsp3) is 0.533. The van der Waals surface area contributed by atoms with E-state index in [2.05, 4.69) is 15.1 Å². The number of carbonyl (C=O) groups excluding carboxylic acids is 1. The number of anilines is 1. The molecule has 120 valence electrons. The fourth-order valence-corrected chi connectivity index (χ4v) is 2.52. The number of amides is 1. The zero-order valence-corrected chi connectivity index (χ0v) is 13.0. The summed E-state index contributed by atoms with van der Waals surface area (Å²) in [7, 11) is 0. The first kappa shape index (κ1) is 16.2. The summed E-state index contributed by atoms with van der Waals surface area (Å²) in [5.74, 6) is 0.0544. The highest BCUT2D eigenvalue weighted by molar-refractivity contribution is 5.78. The highest BCUT2D eigenvalue weighted by Crippen LogP contribution is 2.20. The molecular weight excluding hydrogens is 284 g/mol. The number of hydrogen-bond acceptors (Lipinski definition) is 5. The van der Waals surface area contributed by atoms with E-state index in [4.69, 9.17) is 0 Å². The van der Waals surface area contributed by atoms with Crippen LogP contribution in [0.25, 0.3) is 0 Å². The molecule has 7 heteroatoms. The van der Waals surface area contributed by atoms with E-state index in [1.165, 1.54) is 12.1 Å². The van der Waals surface area contributed by atoms with Crippen LogP contribution in [0, 0.1) is 10.1 Å². The summed E-state index contributed by atoms with van der Waals surface area (Å²) in [5.41, 5.74) is 1.09. The zero-order valence-electron chi connectivity index (χ0n) is 13.0. The van der Waals surface area contributed by atoms with Gasteiger partial charge in [0.2, 0.25) is 5.91 Å². The Hall–Kier alpha value is -2.15. The molecule has 2 rings (SSSR count). The van der Waals surface area contributed by atoms with Crippen LogP contribution in [0.3, 0.4) is 0 Å². The van der Waals surface area contributed by atoms with Crippen LogP contribution in [-0.4, -0.2) is 54.5 Å². The molecule has 1 aromatic carbocycles. The zero-order chi connectivity index (χ0) is 16.1. The predicted molar refractivity (Wildman–Crippen MR) is 85.0 cm³/mol. The van der Waals surface area contributed by atoms with Gasteiger partial charge in [-0.2, -0.15) is 0 Å².